The third-order valence-corrected chi connectivity index (χ3v) is 4.99. The number of carboxylic acid groups (broad SMARTS) is 1. The quantitative estimate of drug-likeness (QED) is 0.578. The van der Waals surface area contributed by atoms with Crippen molar-refractivity contribution in [3.05, 3.63) is 23.2 Å². The predicted octanol–water partition coefficient (Wildman–Crippen LogP) is 2.78. The number of benzene rings is 1. The van der Waals surface area contributed by atoms with Crippen LogP contribution >= 0.6 is 11.6 Å². The van der Waals surface area contributed by atoms with Gasteiger partial charge < -0.3 is 26.2 Å². The maximum absolute atomic E-state index is 12.4. The topological polar surface area (TPSA) is 114 Å². The van der Waals surface area contributed by atoms with Gasteiger partial charge in [-0.15, -0.1) is 0 Å². The number of aliphatic carboxylic acids is 1. The van der Waals surface area contributed by atoms with Gasteiger partial charge in [-0.3, -0.25) is 4.79 Å². The van der Waals surface area contributed by atoms with Gasteiger partial charge in [0.25, 0.3) is 5.91 Å². The fourth-order valence-electron chi connectivity index (χ4n) is 3.12. The van der Waals surface area contributed by atoms with E-state index >= 15 is 0 Å². The molecule has 29 heavy (non-hydrogen) atoms. The van der Waals surface area contributed by atoms with Crippen LogP contribution in [0.4, 0.5) is 18.9 Å². The normalized spacial score (nSPS) is 23.4. The van der Waals surface area contributed by atoms with Crippen LogP contribution in [0.2, 0.25) is 5.02 Å². The molecule has 11 heteroatoms. The molecule has 0 spiro atoms. The van der Waals surface area contributed by atoms with Crippen LogP contribution in [0.15, 0.2) is 18.2 Å². The van der Waals surface area contributed by atoms with Crippen LogP contribution in [0.1, 0.15) is 25.7 Å². The van der Waals surface area contributed by atoms with Crippen molar-refractivity contribution in [1.82, 2.24) is 5.32 Å². The highest BCUT2D eigenvalue weighted by atomic mass is 35.5. The number of nitrogens with two attached hydrogens (primary N) is 1. The summed E-state index contributed by atoms with van der Waals surface area (Å²) in [7, 11) is 0. The average Bonchev–Trinajstić information content (AvgIpc) is 2.67. The number of ether oxygens (including phenoxy) is 1. The van der Waals surface area contributed by atoms with Gasteiger partial charge in [-0.2, -0.15) is 13.2 Å². The summed E-state index contributed by atoms with van der Waals surface area (Å²) in [5, 5.41) is 14.1. The Hall–Kier alpha value is -2.20. The van der Waals surface area contributed by atoms with Crippen molar-refractivity contribution in [3.8, 4) is 5.75 Å². The van der Waals surface area contributed by atoms with Gasteiger partial charge in [0, 0.05) is 11.1 Å². The molecule has 1 heterocycles. The SMILES string of the molecule is NC[C@H]1CC[C@H](NC(=O)C2CNc3cc(Cl)ccc3O2)CC1.O=C(O)C(F)(F)F. The molecule has 1 atom stereocenters. The summed E-state index contributed by atoms with van der Waals surface area (Å²) in [6.45, 7) is 1.20. The van der Waals surface area contributed by atoms with E-state index in [0.29, 0.717) is 23.2 Å². The molecular weight excluding hydrogens is 415 g/mol. The summed E-state index contributed by atoms with van der Waals surface area (Å²) >= 11 is 5.94. The summed E-state index contributed by atoms with van der Waals surface area (Å²) in [5.41, 5.74) is 6.53. The van der Waals surface area contributed by atoms with Crippen molar-refractivity contribution in [2.75, 3.05) is 18.4 Å². The van der Waals surface area contributed by atoms with E-state index in [0.717, 1.165) is 37.9 Å². The zero-order valence-electron chi connectivity index (χ0n) is 15.5. The van der Waals surface area contributed by atoms with Crippen molar-refractivity contribution >= 4 is 29.2 Å². The number of hydrogen-bond donors (Lipinski definition) is 4. The van der Waals surface area contributed by atoms with E-state index in [1.54, 1.807) is 18.2 Å². The zero-order chi connectivity index (χ0) is 21.6. The lowest BCUT2D eigenvalue weighted by Gasteiger charge is -2.31. The lowest BCUT2D eigenvalue weighted by molar-refractivity contribution is -0.192. The first-order chi connectivity index (χ1) is 13.6. The van der Waals surface area contributed by atoms with Crippen LogP contribution in [0.3, 0.4) is 0 Å². The van der Waals surface area contributed by atoms with Gasteiger partial charge in [-0.05, 0) is 56.3 Å². The summed E-state index contributed by atoms with van der Waals surface area (Å²) in [6.07, 6.45) is -1.40. The van der Waals surface area contributed by atoms with E-state index in [1.807, 2.05) is 0 Å². The Morgan fingerprint density at radius 3 is 2.45 bits per heavy atom. The molecule has 0 saturated heterocycles. The Bertz CT molecular complexity index is 725. The molecule has 1 amide bonds. The summed E-state index contributed by atoms with van der Waals surface area (Å²) in [4.78, 5) is 21.3. The number of halogens is 4. The first kappa shape index (κ1) is 23.1. The molecule has 162 valence electrons. The molecule has 7 nitrogen and oxygen atoms in total. The van der Waals surface area contributed by atoms with E-state index in [1.165, 1.54) is 0 Å². The highest BCUT2D eigenvalue weighted by Crippen LogP contribution is 2.31. The average molecular weight is 438 g/mol. The number of rotatable bonds is 3. The summed E-state index contributed by atoms with van der Waals surface area (Å²) in [5.74, 6) is -1.53. The fraction of sp³-hybridized carbons (Fsp3) is 0.556. The van der Waals surface area contributed by atoms with Crippen molar-refractivity contribution in [2.24, 2.45) is 11.7 Å². The first-order valence-corrected chi connectivity index (χ1v) is 9.48. The predicted molar refractivity (Wildman–Crippen MR) is 101 cm³/mol. The molecular formula is C18H23ClF3N3O4. The molecule has 0 aromatic heterocycles. The molecule has 1 fully saturated rings. The van der Waals surface area contributed by atoms with Crippen LogP contribution in [-0.2, 0) is 9.59 Å². The Kier molecular flexibility index (Phi) is 7.97. The fourth-order valence-corrected chi connectivity index (χ4v) is 3.30. The Balaban J connectivity index is 0.000000370. The number of alkyl halides is 3. The van der Waals surface area contributed by atoms with Crippen LogP contribution < -0.4 is 21.1 Å². The summed E-state index contributed by atoms with van der Waals surface area (Å²) in [6, 6.07) is 5.59. The minimum Gasteiger partial charge on any atom is -0.477 e. The molecule has 1 aromatic carbocycles. The molecule has 3 rings (SSSR count). The van der Waals surface area contributed by atoms with Crippen molar-refractivity contribution in [3.63, 3.8) is 0 Å². The van der Waals surface area contributed by atoms with Crippen molar-refractivity contribution in [2.45, 2.75) is 44.0 Å². The molecule has 2 aliphatic rings. The number of carbonyl (C=O) groups is 2. The number of amides is 1. The minimum atomic E-state index is -5.08. The second-order valence-corrected chi connectivity index (χ2v) is 7.33. The second kappa shape index (κ2) is 10.0. The zero-order valence-corrected chi connectivity index (χ0v) is 16.2. The number of carboxylic acids is 1. The van der Waals surface area contributed by atoms with Gasteiger partial charge in [-0.1, -0.05) is 11.6 Å². The first-order valence-electron chi connectivity index (χ1n) is 9.10. The number of fused-ring (bicyclic) bond motifs is 1. The van der Waals surface area contributed by atoms with Gasteiger partial charge in [-0.25, -0.2) is 4.79 Å². The molecule has 1 saturated carbocycles. The van der Waals surface area contributed by atoms with Gasteiger partial charge in [0.2, 0.25) is 0 Å². The van der Waals surface area contributed by atoms with Gasteiger partial charge in [0.15, 0.2) is 6.10 Å². The maximum atomic E-state index is 12.4. The van der Waals surface area contributed by atoms with Gasteiger partial charge >= 0.3 is 12.1 Å². The molecule has 0 radical (unpaired) electrons. The molecule has 5 N–H and O–H groups in total. The van der Waals surface area contributed by atoms with Crippen LogP contribution in [-0.4, -0.2) is 48.4 Å². The second-order valence-electron chi connectivity index (χ2n) is 6.89. The number of hydrogen-bond acceptors (Lipinski definition) is 5. The van der Waals surface area contributed by atoms with E-state index < -0.39 is 18.2 Å². The highest BCUT2D eigenvalue weighted by Gasteiger charge is 2.38. The number of anilines is 1. The molecule has 1 aromatic rings. The smallest absolute Gasteiger partial charge is 0.477 e. The molecule has 0 bridgehead atoms. The van der Waals surface area contributed by atoms with Gasteiger partial charge in [0.1, 0.15) is 5.75 Å². The van der Waals surface area contributed by atoms with E-state index in [9.17, 15) is 18.0 Å². The van der Waals surface area contributed by atoms with E-state index in [4.69, 9.17) is 32.0 Å². The lowest BCUT2D eigenvalue weighted by Crippen LogP contribution is -2.49. The van der Waals surface area contributed by atoms with Crippen LogP contribution in [0, 0.1) is 5.92 Å². The Labute approximate surface area is 170 Å². The van der Waals surface area contributed by atoms with Crippen molar-refractivity contribution in [1.29, 1.82) is 0 Å². The standard InChI is InChI=1S/C16H22ClN3O2.C2HF3O2/c17-11-3-6-14-13(7-11)19-9-15(22-14)16(21)20-12-4-1-10(8-18)2-5-12;3-2(4,5)1(6)7/h3,6-7,10,12,15,19H,1-2,4-5,8-9,18H2,(H,20,21);(H,6,7)/t10-,12-,15?;. The number of nitrogens with one attached hydrogen (secondary N) is 2. The maximum Gasteiger partial charge on any atom is 0.490 e. The largest absolute Gasteiger partial charge is 0.490 e. The molecule has 1 unspecified atom stereocenters. The number of carbonyl (C=O) groups excluding carboxylic acids is 1. The Morgan fingerprint density at radius 1 is 1.28 bits per heavy atom. The van der Waals surface area contributed by atoms with Crippen LogP contribution in [0.25, 0.3) is 0 Å². The summed E-state index contributed by atoms with van der Waals surface area (Å²) < 4.78 is 37.5. The molecule has 1 aliphatic carbocycles. The molecule has 1 aliphatic heterocycles. The van der Waals surface area contributed by atoms with E-state index in [-0.39, 0.29) is 11.9 Å². The van der Waals surface area contributed by atoms with Crippen LogP contribution in [0.5, 0.6) is 5.75 Å². The minimum absolute atomic E-state index is 0.0516. The monoisotopic (exact) mass is 437 g/mol. The lowest BCUT2D eigenvalue weighted by atomic mass is 9.86. The third kappa shape index (κ3) is 6.97. The Morgan fingerprint density at radius 2 is 1.90 bits per heavy atom. The highest BCUT2D eigenvalue weighted by molar-refractivity contribution is 6.30. The van der Waals surface area contributed by atoms with Gasteiger partial charge in [0.05, 0.1) is 12.2 Å². The van der Waals surface area contributed by atoms with Crippen molar-refractivity contribution < 1.29 is 32.6 Å². The third-order valence-electron chi connectivity index (χ3n) is 4.75. The van der Waals surface area contributed by atoms with E-state index in [2.05, 4.69) is 10.6 Å².